The third kappa shape index (κ3) is 5.69. The van der Waals surface area contributed by atoms with Crippen LogP contribution in [0.4, 0.5) is 11.5 Å². The summed E-state index contributed by atoms with van der Waals surface area (Å²) in [5, 5.41) is 4.48. The van der Waals surface area contributed by atoms with E-state index in [2.05, 4.69) is 50.9 Å². The van der Waals surface area contributed by atoms with Crippen LogP contribution in [0.2, 0.25) is 0 Å². The minimum atomic E-state index is -3.55. The molecule has 3 aromatic carbocycles. The van der Waals surface area contributed by atoms with Gasteiger partial charge in [0.25, 0.3) is 0 Å². The van der Waals surface area contributed by atoms with Crippen LogP contribution in [0.1, 0.15) is 50.7 Å². The number of sulfonamides is 1. The van der Waals surface area contributed by atoms with Crippen LogP contribution in [0.25, 0.3) is 10.9 Å². The lowest BCUT2D eigenvalue weighted by Crippen LogP contribution is -2.49. The number of hydrogen-bond donors (Lipinski definition) is 1. The Bertz CT molecular complexity index is 1570. The van der Waals surface area contributed by atoms with E-state index in [1.807, 2.05) is 54.6 Å². The number of rotatable bonds is 6. The Morgan fingerprint density at radius 2 is 1.49 bits per heavy atom. The van der Waals surface area contributed by atoms with Crippen LogP contribution < -0.4 is 5.32 Å². The van der Waals surface area contributed by atoms with Gasteiger partial charge < -0.3 is 5.32 Å². The summed E-state index contributed by atoms with van der Waals surface area (Å²) < 4.78 is 28.3. The van der Waals surface area contributed by atoms with E-state index < -0.39 is 10.0 Å². The first-order chi connectivity index (χ1) is 18.5. The zero-order valence-electron chi connectivity index (χ0n) is 23.3. The molecule has 0 spiro atoms. The van der Waals surface area contributed by atoms with E-state index in [1.54, 1.807) is 16.4 Å². The Hall–Kier alpha value is -3.33. The maximum Gasteiger partial charge on any atom is 0.243 e. The van der Waals surface area contributed by atoms with Crippen molar-refractivity contribution in [3.05, 3.63) is 89.7 Å². The predicted octanol–water partition coefficient (Wildman–Crippen LogP) is 6.05. The molecule has 0 amide bonds. The lowest BCUT2D eigenvalue weighted by molar-refractivity contribution is 0.141. The lowest BCUT2D eigenvalue weighted by Gasteiger charge is -2.37. The van der Waals surface area contributed by atoms with Gasteiger partial charge in [0.2, 0.25) is 10.0 Å². The van der Waals surface area contributed by atoms with E-state index in [1.165, 1.54) is 0 Å². The summed E-state index contributed by atoms with van der Waals surface area (Å²) in [7, 11) is -3.55. The first-order valence-electron chi connectivity index (χ1n) is 13.5. The number of nitrogens with zero attached hydrogens (tertiary/aromatic N) is 4. The molecular formula is C31H37N5O2S. The van der Waals surface area contributed by atoms with Gasteiger partial charge in [-0.3, -0.25) is 4.90 Å². The monoisotopic (exact) mass is 543 g/mol. The van der Waals surface area contributed by atoms with E-state index in [4.69, 9.17) is 9.97 Å². The van der Waals surface area contributed by atoms with Gasteiger partial charge in [0, 0.05) is 37.3 Å². The Labute approximate surface area is 232 Å². The molecule has 39 heavy (non-hydrogen) atoms. The number of para-hydroxylation sites is 2. The van der Waals surface area contributed by atoms with Crippen LogP contribution >= 0.6 is 0 Å². The molecule has 0 saturated carbocycles. The van der Waals surface area contributed by atoms with Gasteiger partial charge in [0.15, 0.2) is 0 Å². The molecular weight excluding hydrogens is 506 g/mol. The average Bonchev–Trinajstić information content (AvgIpc) is 2.93. The van der Waals surface area contributed by atoms with Crippen molar-refractivity contribution < 1.29 is 8.42 Å². The zero-order valence-corrected chi connectivity index (χ0v) is 24.2. The maximum atomic E-state index is 13.4. The topological polar surface area (TPSA) is 78.4 Å². The van der Waals surface area contributed by atoms with Crippen molar-refractivity contribution in [1.82, 2.24) is 19.2 Å². The Kier molecular flexibility index (Phi) is 7.46. The minimum absolute atomic E-state index is 0.0236. The number of aromatic nitrogens is 2. The highest BCUT2D eigenvalue weighted by Crippen LogP contribution is 2.30. The Morgan fingerprint density at radius 3 is 2.15 bits per heavy atom. The van der Waals surface area contributed by atoms with Crippen LogP contribution in [0, 0.1) is 6.92 Å². The van der Waals surface area contributed by atoms with E-state index in [9.17, 15) is 8.42 Å². The second-order valence-electron chi connectivity index (χ2n) is 11.3. The van der Waals surface area contributed by atoms with Gasteiger partial charge in [-0.05, 0) is 60.7 Å². The molecule has 1 aromatic heterocycles. The van der Waals surface area contributed by atoms with Gasteiger partial charge in [-0.25, -0.2) is 18.4 Å². The Morgan fingerprint density at radius 1 is 0.846 bits per heavy atom. The second kappa shape index (κ2) is 10.7. The van der Waals surface area contributed by atoms with Gasteiger partial charge >= 0.3 is 0 Å². The number of fused-ring (bicyclic) bond motifs is 1. The molecule has 1 unspecified atom stereocenters. The van der Waals surface area contributed by atoms with Crippen molar-refractivity contribution in [3.63, 3.8) is 0 Å². The molecule has 1 saturated heterocycles. The summed E-state index contributed by atoms with van der Waals surface area (Å²) in [6, 6.07) is 23.4. The molecule has 0 radical (unpaired) electrons. The van der Waals surface area contributed by atoms with Crippen LogP contribution in [-0.2, 0) is 15.4 Å². The Balaban J connectivity index is 1.33. The van der Waals surface area contributed by atoms with E-state index in [0.717, 1.165) is 39.4 Å². The summed E-state index contributed by atoms with van der Waals surface area (Å²) in [5.41, 5.74) is 4.12. The molecule has 5 rings (SSSR count). The van der Waals surface area contributed by atoms with Crippen LogP contribution in [0.3, 0.4) is 0 Å². The third-order valence-corrected chi connectivity index (χ3v) is 9.48. The fourth-order valence-electron chi connectivity index (χ4n) is 4.99. The smallest absolute Gasteiger partial charge is 0.243 e. The zero-order chi connectivity index (χ0) is 27.8. The number of hydrogen-bond acceptors (Lipinski definition) is 6. The summed E-state index contributed by atoms with van der Waals surface area (Å²) in [6.07, 6.45) is 0. The van der Waals surface area contributed by atoms with E-state index in [-0.39, 0.29) is 11.5 Å². The van der Waals surface area contributed by atoms with Crippen LogP contribution in [0.5, 0.6) is 0 Å². The molecule has 1 aliphatic rings. The normalized spacial score (nSPS) is 16.3. The quantitative estimate of drug-likeness (QED) is 0.319. The van der Waals surface area contributed by atoms with Crippen molar-refractivity contribution in [2.24, 2.45) is 0 Å². The van der Waals surface area contributed by atoms with Crippen molar-refractivity contribution in [2.45, 2.75) is 51.0 Å². The number of benzene rings is 3. The predicted molar refractivity (Wildman–Crippen MR) is 158 cm³/mol. The van der Waals surface area contributed by atoms with Gasteiger partial charge in [-0.2, -0.15) is 4.31 Å². The molecule has 7 nitrogen and oxygen atoms in total. The molecule has 1 N–H and O–H groups in total. The third-order valence-electron chi connectivity index (χ3n) is 7.57. The van der Waals surface area contributed by atoms with E-state index in [0.29, 0.717) is 31.1 Å². The number of aryl methyl sites for hydroxylation is 1. The van der Waals surface area contributed by atoms with Crippen molar-refractivity contribution in [3.8, 4) is 0 Å². The minimum Gasteiger partial charge on any atom is -0.339 e. The lowest BCUT2D eigenvalue weighted by atomic mass is 9.87. The molecule has 1 aliphatic heterocycles. The molecule has 1 fully saturated rings. The molecule has 0 aliphatic carbocycles. The van der Waals surface area contributed by atoms with Gasteiger partial charge in [-0.1, -0.05) is 63.2 Å². The standard InChI is InChI=1S/C31H37N5O2S/c1-22-10-6-8-12-27(22)32-30-26-11-7-9-13-28(26)33-29(34-30)23(2)35-18-20-36(21-19-35)39(37,38)25-16-14-24(15-17-25)31(3,4)5/h6-17,23H,18-21H2,1-5H3,(H,32,33,34). The first-order valence-corrected chi connectivity index (χ1v) is 14.9. The summed E-state index contributed by atoms with van der Waals surface area (Å²) in [5.74, 6) is 1.50. The molecule has 0 bridgehead atoms. The number of nitrogens with one attached hydrogen (secondary N) is 1. The number of piperazine rings is 1. The molecule has 1 atom stereocenters. The van der Waals surface area contributed by atoms with Gasteiger partial charge in [-0.15, -0.1) is 0 Å². The maximum absolute atomic E-state index is 13.4. The second-order valence-corrected chi connectivity index (χ2v) is 13.2. The highest BCUT2D eigenvalue weighted by molar-refractivity contribution is 7.89. The summed E-state index contributed by atoms with van der Waals surface area (Å²) in [6.45, 7) is 12.6. The molecule has 8 heteroatoms. The van der Waals surface area contributed by atoms with Crippen molar-refractivity contribution in [1.29, 1.82) is 0 Å². The van der Waals surface area contributed by atoms with Gasteiger partial charge in [0.1, 0.15) is 11.6 Å². The largest absolute Gasteiger partial charge is 0.339 e. The van der Waals surface area contributed by atoms with Crippen LogP contribution in [0.15, 0.2) is 77.7 Å². The highest BCUT2D eigenvalue weighted by atomic mass is 32.2. The summed E-state index contributed by atoms with van der Waals surface area (Å²) >= 11 is 0. The SMILES string of the molecule is Cc1ccccc1Nc1nc(C(C)N2CCN(S(=O)(=O)c3ccc(C(C)(C)C)cc3)CC2)nc2ccccc12. The van der Waals surface area contributed by atoms with Crippen molar-refractivity contribution in [2.75, 3.05) is 31.5 Å². The summed E-state index contributed by atoms with van der Waals surface area (Å²) in [4.78, 5) is 12.5. The first kappa shape index (κ1) is 27.2. The van der Waals surface area contributed by atoms with Gasteiger partial charge in [0.05, 0.1) is 16.5 Å². The molecule has 204 valence electrons. The van der Waals surface area contributed by atoms with Crippen molar-refractivity contribution >= 4 is 32.4 Å². The fraction of sp³-hybridized carbons (Fsp3) is 0.355. The molecule has 2 heterocycles. The fourth-order valence-corrected chi connectivity index (χ4v) is 6.41. The highest BCUT2D eigenvalue weighted by Gasteiger charge is 2.31. The van der Waals surface area contributed by atoms with E-state index >= 15 is 0 Å². The van der Waals surface area contributed by atoms with Crippen LogP contribution in [-0.4, -0.2) is 53.8 Å². The average molecular weight is 544 g/mol. The number of anilines is 2. The molecule has 4 aromatic rings.